The number of nitrogens with zero attached hydrogens (tertiary/aromatic N) is 5. The summed E-state index contributed by atoms with van der Waals surface area (Å²) in [4.78, 5) is 69.7. The minimum Gasteiger partial charge on any atom is -0.508 e. The first-order chi connectivity index (χ1) is 27.6. The molecular weight excluding hydrogens is 834 g/mol. The lowest BCUT2D eigenvalue weighted by atomic mass is 10.0. The average Bonchev–Trinajstić information content (AvgIpc) is 3.87. The number of carbonyl (C=O) groups is 1. The highest BCUT2D eigenvalue weighted by molar-refractivity contribution is 8.54. The second-order valence-corrected chi connectivity index (χ2v) is 18.2. The molecule has 2 saturated heterocycles. The molecule has 20 nitrogen and oxygen atoms in total. The number of carbonyl (C=O) groups excluding carboxylic acids is 1. The number of aromatic nitrogens is 6. The molecule has 3 aromatic heterocycles. The van der Waals surface area contributed by atoms with Crippen LogP contribution >= 0.6 is 26.0 Å². The number of aromatic hydroxyl groups is 1. The zero-order chi connectivity index (χ0) is 41.4. The summed E-state index contributed by atoms with van der Waals surface area (Å²) in [6.07, 6.45) is -8.77. The van der Waals surface area contributed by atoms with Crippen LogP contribution in [0.15, 0.2) is 83.0 Å². The van der Waals surface area contributed by atoms with Crippen molar-refractivity contribution in [2.45, 2.75) is 55.3 Å². The van der Waals surface area contributed by atoms with Gasteiger partial charge < -0.3 is 30.1 Å². The fraction of sp³-hybridized carbons (Fsp3) is 0.333. The molecule has 0 amide bonds. The second-order valence-electron chi connectivity index (χ2n) is 13.0. The van der Waals surface area contributed by atoms with Crippen molar-refractivity contribution in [3.63, 3.8) is 0 Å². The van der Waals surface area contributed by atoms with E-state index in [1.54, 1.807) is 12.1 Å². The predicted octanol–water partition coefficient (Wildman–Crippen LogP) is 3.31. The van der Waals surface area contributed by atoms with Gasteiger partial charge in [0, 0.05) is 35.6 Å². The summed E-state index contributed by atoms with van der Waals surface area (Å²) in [5.41, 5.74) is 5.55. The lowest BCUT2D eigenvalue weighted by Gasteiger charge is -2.26. The van der Waals surface area contributed by atoms with E-state index in [-0.39, 0.29) is 40.7 Å². The number of hydrogen-bond donors (Lipinski definition) is 5. The quantitative estimate of drug-likeness (QED) is 0.0745. The van der Waals surface area contributed by atoms with Gasteiger partial charge in [-0.05, 0) is 41.2 Å². The summed E-state index contributed by atoms with van der Waals surface area (Å²) >= 11 is 0.593. The molecule has 25 heteroatoms. The van der Waals surface area contributed by atoms with Gasteiger partial charge >= 0.3 is 20.3 Å². The van der Waals surface area contributed by atoms with Crippen LogP contribution in [0, 0.1) is 0 Å². The van der Waals surface area contributed by atoms with E-state index in [4.69, 9.17) is 24.3 Å². The number of ether oxygens (including phenoxy) is 2. The summed E-state index contributed by atoms with van der Waals surface area (Å²) < 4.78 is 87.8. The Morgan fingerprint density at radius 2 is 1.66 bits per heavy atom. The normalized spacial score (nSPS) is 24.6. The molecule has 308 valence electrons. The highest BCUT2D eigenvalue weighted by Gasteiger charge is 2.52. The number of anilines is 1. The number of nitrogen functional groups attached to an aromatic ring is 1. The number of phosphoric ester groups is 1. The number of nitrogens with two attached hydrogens (primary N) is 1. The van der Waals surface area contributed by atoms with Crippen LogP contribution in [0.25, 0.3) is 11.2 Å². The van der Waals surface area contributed by atoms with E-state index in [0.29, 0.717) is 28.1 Å². The van der Waals surface area contributed by atoms with Gasteiger partial charge in [-0.2, -0.15) is 0 Å². The van der Waals surface area contributed by atoms with Gasteiger partial charge in [-0.1, -0.05) is 24.3 Å². The van der Waals surface area contributed by atoms with Crippen molar-refractivity contribution in [1.82, 2.24) is 29.1 Å². The first-order valence-electron chi connectivity index (χ1n) is 17.1. The molecule has 7 rings (SSSR count). The third-order valence-electron chi connectivity index (χ3n) is 8.99. The summed E-state index contributed by atoms with van der Waals surface area (Å²) in [5, 5.41) is 9.56. The molecule has 0 spiro atoms. The van der Waals surface area contributed by atoms with Gasteiger partial charge in [0.25, 0.3) is 5.56 Å². The highest BCUT2D eigenvalue weighted by atomic mass is 32.7. The molecule has 0 radical (unpaired) electrons. The van der Waals surface area contributed by atoms with Crippen LogP contribution in [0.3, 0.4) is 0 Å². The molecule has 6 N–H and O–H groups in total. The number of phosphoric acid groups is 1. The second kappa shape index (κ2) is 16.9. The fourth-order valence-electron chi connectivity index (χ4n) is 6.18. The fourth-order valence-corrected chi connectivity index (χ4v) is 9.89. The Balaban J connectivity index is 1.15. The standard InChI is InChI=1S/C33H33F2N7O13P2S/c34-22-11-21(53-31(22)41-10-9-24(44)40-33(41)46)12-52-57(50,58-14-17-1-3-18(4-2-17)27(45)19-5-7-20(43)8-6-19)55-28-25(35)23(13-51-56(47,48)49)54-32(28)42-16-39-26-29(36)37-15-38-30(26)42/h1-10,15-16,21-23,25,28,31-32,43H,11-14H2,(H2,36,37,38)(H,40,44,46)(H2,47,48,49)/t21-,22+,23+,25+,28+,31+,32+,57?/m0/s1. The number of fused-ring (bicyclic) bond motifs is 1. The van der Waals surface area contributed by atoms with Gasteiger partial charge in [0.1, 0.15) is 36.0 Å². The zero-order valence-corrected chi connectivity index (χ0v) is 32.2. The molecule has 0 bridgehead atoms. The molecule has 2 aliphatic rings. The number of phenols is 1. The zero-order valence-electron chi connectivity index (χ0n) is 29.6. The summed E-state index contributed by atoms with van der Waals surface area (Å²) in [7, 11) is -5.11. The van der Waals surface area contributed by atoms with Crippen molar-refractivity contribution < 1.29 is 60.6 Å². The molecule has 2 aliphatic heterocycles. The minimum atomic E-state index is -5.11. The van der Waals surface area contributed by atoms with E-state index in [2.05, 4.69) is 19.5 Å². The molecular formula is C33H33F2N7O13P2S. The topological polar surface area (TPSA) is 283 Å². The summed E-state index contributed by atoms with van der Waals surface area (Å²) in [6.45, 7) is -6.18. The lowest BCUT2D eigenvalue weighted by Crippen LogP contribution is -2.34. The number of imidazole rings is 1. The smallest absolute Gasteiger partial charge is 0.469 e. The number of ketones is 1. The van der Waals surface area contributed by atoms with E-state index < -0.39 is 82.2 Å². The van der Waals surface area contributed by atoms with Crippen LogP contribution in [-0.2, 0) is 37.9 Å². The van der Waals surface area contributed by atoms with Crippen LogP contribution in [0.4, 0.5) is 14.6 Å². The number of aromatic amines is 1. The number of rotatable bonds is 15. The van der Waals surface area contributed by atoms with Crippen LogP contribution in [0.5, 0.6) is 5.75 Å². The Kier molecular flexibility index (Phi) is 12.1. The van der Waals surface area contributed by atoms with Crippen molar-refractivity contribution in [2.75, 3.05) is 18.9 Å². The van der Waals surface area contributed by atoms with Crippen molar-refractivity contribution in [3.8, 4) is 5.75 Å². The molecule has 5 heterocycles. The number of halogens is 2. The molecule has 5 aromatic rings. The van der Waals surface area contributed by atoms with E-state index in [1.165, 1.54) is 47.3 Å². The predicted molar refractivity (Wildman–Crippen MR) is 199 cm³/mol. The molecule has 0 aliphatic carbocycles. The Morgan fingerprint density at radius 3 is 2.34 bits per heavy atom. The maximum atomic E-state index is 16.4. The van der Waals surface area contributed by atoms with Crippen molar-refractivity contribution in [1.29, 1.82) is 0 Å². The monoisotopic (exact) mass is 867 g/mol. The molecule has 1 unspecified atom stereocenters. The van der Waals surface area contributed by atoms with Crippen LogP contribution < -0.4 is 17.0 Å². The van der Waals surface area contributed by atoms with Gasteiger partial charge in [-0.3, -0.25) is 37.3 Å². The van der Waals surface area contributed by atoms with E-state index in [0.717, 1.165) is 23.2 Å². The molecule has 58 heavy (non-hydrogen) atoms. The van der Waals surface area contributed by atoms with Crippen LogP contribution in [-0.4, -0.2) is 93.6 Å². The molecule has 8 atom stereocenters. The Bertz CT molecular complexity index is 2510. The van der Waals surface area contributed by atoms with Crippen molar-refractivity contribution >= 4 is 48.8 Å². The summed E-state index contributed by atoms with van der Waals surface area (Å²) in [5.74, 6) is -0.500. The third kappa shape index (κ3) is 9.29. The van der Waals surface area contributed by atoms with Gasteiger partial charge in [-0.15, -0.1) is 0 Å². The Hall–Kier alpha value is -4.67. The van der Waals surface area contributed by atoms with Gasteiger partial charge in [0.15, 0.2) is 35.9 Å². The number of phenolic OH excluding ortho intramolecular Hbond substituents is 1. The van der Waals surface area contributed by atoms with Crippen molar-refractivity contribution in [2.24, 2.45) is 0 Å². The van der Waals surface area contributed by atoms with Gasteiger partial charge in [-0.25, -0.2) is 37.7 Å². The molecule has 2 aromatic carbocycles. The van der Waals surface area contributed by atoms with E-state index in [1.807, 2.05) is 4.98 Å². The molecule has 2 fully saturated rings. The minimum absolute atomic E-state index is 0.0116. The number of hydrogen-bond acceptors (Lipinski definition) is 16. The largest absolute Gasteiger partial charge is 0.508 e. The highest BCUT2D eigenvalue weighted by Crippen LogP contribution is 2.64. The lowest BCUT2D eigenvalue weighted by molar-refractivity contribution is -0.0499. The number of nitrogens with one attached hydrogen (secondary N) is 1. The van der Waals surface area contributed by atoms with Crippen molar-refractivity contribution in [3.05, 3.63) is 111 Å². The van der Waals surface area contributed by atoms with E-state index in [9.17, 15) is 38.4 Å². The number of H-pyrrole nitrogens is 1. The maximum absolute atomic E-state index is 16.4. The molecule has 0 saturated carbocycles. The summed E-state index contributed by atoms with van der Waals surface area (Å²) in [6, 6.07) is 12.9. The van der Waals surface area contributed by atoms with Gasteiger partial charge in [0.05, 0.1) is 25.6 Å². The number of alkyl halides is 2. The van der Waals surface area contributed by atoms with Gasteiger partial charge in [0.2, 0.25) is 0 Å². The Morgan fingerprint density at radius 1 is 0.948 bits per heavy atom. The first-order valence-corrected chi connectivity index (χ1v) is 21.8. The third-order valence-corrected chi connectivity index (χ3v) is 13.1. The van der Waals surface area contributed by atoms with Crippen LogP contribution in [0.2, 0.25) is 0 Å². The van der Waals surface area contributed by atoms with Crippen LogP contribution in [0.1, 0.15) is 40.4 Å². The SMILES string of the molecule is Nc1ncnc2c1ncn2[C@@H]1O[C@H](COP(=O)(O)O)[C@@H](F)[C@H]1OP(=O)(OC[C@@H]1C[C@@H](F)[C@H](n2ccc(=O)[nH]c2=O)O1)SCc1ccc(C(=O)c2ccc(O)cc2)cc1. The Labute approximate surface area is 328 Å². The average molecular weight is 868 g/mol. The first kappa shape index (κ1) is 41.5. The maximum Gasteiger partial charge on any atom is 0.469 e. The number of benzene rings is 2. The van der Waals surface area contributed by atoms with E-state index >= 15 is 8.78 Å².